The second-order valence-corrected chi connectivity index (χ2v) is 7.82. The number of carbonyl (C=O) groups excluding carboxylic acids is 1. The first-order valence-electron chi connectivity index (χ1n) is 7.46. The van der Waals surface area contributed by atoms with E-state index >= 15 is 0 Å². The van der Waals surface area contributed by atoms with Crippen molar-refractivity contribution in [3.63, 3.8) is 0 Å². The zero-order valence-electron chi connectivity index (χ0n) is 12.6. The maximum atomic E-state index is 12.3. The molecule has 1 aliphatic rings. The van der Waals surface area contributed by atoms with Crippen LogP contribution in [0.2, 0.25) is 5.02 Å². The smallest absolute Gasteiger partial charge is 0.253 e. The number of nitrogens with zero attached hydrogens (tertiary/aromatic N) is 1. The van der Waals surface area contributed by atoms with Gasteiger partial charge in [0.05, 0.1) is 5.75 Å². The van der Waals surface area contributed by atoms with Gasteiger partial charge in [-0.3, -0.25) is 4.79 Å². The minimum atomic E-state index is -3.19. The molecule has 1 aromatic rings. The molecule has 0 saturated carbocycles. The van der Waals surface area contributed by atoms with Gasteiger partial charge in [0.2, 0.25) is 10.0 Å². The standard InChI is InChI=1S/C15H21ClN2O3S/c1-2-11-22(20,21)17-14-7-9-18(10-8-14)15(19)12-3-5-13(16)6-4-12/h3-6,14,17H,2,7-11H2,1H3. The van der Waals surface area contributed by atoms with E-state index in [2.05, 4.69) is 4.72 Å². The zero-order chi connectivity index (χ0) is 16.2. The quantitative estimate of drug-likeness (QED) is 0.891. The number of likely N-dealkylation sites (tertiary alicyclic amines) is 1. The fourth-order valence-electron chi connectivity index (χ4n) is 2.56. The van der Waals surface area contributed by atoms with E-state index < -0.39 is 10.0 Å². The molecule has 0 atom stereocenters. The summed E-state index contributed by atoms with van der Waals surface area (Å²) in [6.07, 6.45) is 1.88. The number of piperidine rings is 1. The number of nitrogens with one attached hydrogen (secondary N) is 1. The first-order valence-corrected chi connectivity index (χ1v) is 9.49. The van der Waals surface area contributed by atoms with Crippen molar-refractivity contribution in [2.24, 2.45) is 0 Å². The van der Waals surface area contributed by atoms with Crippen molar-refractivity contribution in [3.8, 4) is 0 Å². The second-order valence-electron chi connectivity index (χ2n) is 5.51. The van der Waals surface area contributed by atoms with Crippen molar-refractivity contribution in [2.45, 2.75) is 32.2 Å². The van der Waals surface area contributed by atoms with Crippen LogP contribution in [0.15, 0.2) is 24.3 Å². The van der Waals surface area contributed by atoms with Crippen molar-refractivity contribution in [2.75, 3.05) is 18.8 Å². The van der Waals surface area contributed by atoms with Crippen LogP contribution in [0.5, 0.6) is 0 Å². The third-order valence-corrected chi connectivity index (χ3v) is 5.58. The molecule has 1 aliphatic heterocycles. The van der Waals surface area contributed by atoms with Gasteiger partial charge in [-0.15, -0.1) is 0 Å². The average Bonchev–Trinajstić information content (AvgIpc) is 2.47. The van der Waals surface area contributed by atoms with E-state index in [4.69, 9.17) is 11.6 Å². The summed E-state index contributed by atoms with van der Waals surface area (Å²) in [5, 5.41) is 0.598. The maximum Gasteiger partial charge on any atom is 0.253 e. The number of rotatable bonds is 5. The first-order chi connectivity index (χ1) is 10.4. The lowest BCUT2D eigenvalue weighted by Gasteiger charge is -2.32. The Labute approximate surface area is 136 Å². The fourth-order valence-corrected chi connectivity index (χ4v) is 4.08. The SMILES string of the molecule is CCCS(=O)(=O)NC1CCN(C(=O)c2ccc(Cl)cc2)CC1. The van der Waals surface area contributed by atoms with E-state index in [0.29, 0.717) is 42.9 Å². The monoisotopic (exact) mass is 344 g/mol. The highest BCUT2D eigenvalue weighted by molar-refractivity contribution is 7.89. The van der Waals surface area contributed by atoms with Crippen LogP contribution >= 0.6 is 11.6 Å². The van der Waals surface area contributed by atoms with E-state index in [-0.39, 0.29) is 17.7 Å². The zero-order valence-corrected chi connectivity index (χ0v) is 14.2. The normalized spacial score (nSPS) is 16.7. The Hall–Kier alpha value is -1.11. The lowest BCUT2D eigenvalue weighted by molar-refractivity contribution is 0.0711. The number of amides is 1. The van der Waals surface area contributed by atoms with Crippen LogP contribution in [0.3, 0.4) is 0 Å². The predicted octanol–water partition coefficient (Wildman–Crippen LogP) is 2.27. The largest absolute Gasteiger partial charge is 0.339 e. The molecule has 0 aromatic heterocycles. The molecule has 2 rings (SSSR count). The van der Waals surface area contributed by atoms with Gasteiger partial charge in [0.25, 0.3) is 5.91 Å². The summed E-state index contributed by atoms with van der Waals surface area (Å²) in [4.78, 5) is 14.1. The summed E-state index contributed by atoms with van der Waals surface area (Å²) in [6.45, 7) is 2.95. The van der Waals surface area contributed by atoms with Gasteiger partial charge in [-0.2, -0.15) is 0 Å². The van der Waals surface area contributed by atoms with E-state index in [1.165, 1.54) is 0 Å². The number of carbonyl (C=O) groups is 1. The van der Waals surface area contributed by atoms with E-state index in [1.807, 2.05) is 6.92 Å². The maximum absolute atomic E-state index is 12.3. The minimum Gasteiger partial charge on any atom is -0.339 e. The van der Waals surface area contributed by atoms with Gasteiger partial charge in [0.1, 0.15) is 0 Å². The molecule has 1 aromatic carbocycles. The number of sulfonamides is 1. The van der Waals surface area contributed by atoms with Crippen LogP contribution in [0.4, 0.5) is 0 Å². The van der Waals surface area contributed by atoms with E-state index in [1.54, 1.807) is 29.2 Å². The van der Waals surface area contributed by atoms with Crippen LogP contribution < -0.4 is 4.72 Å². The first kappa shape index (κ1) is 17.2. The van der Waals surface area contributed by atoms with Crippen LogP contribution in [-0.2, 0) is 10.0 Å². The summed E-state index contributed by atoms with van der Waals surface area (Å²) in [5.41, 5.74) is 0.606. The minimum absolute atomic E-state index is 0.0356. The topological polar surface area (TPSA) is 66.5 Å². The number of halogens is 1. The summed E-state index contributed by atoms with van der Waals surface area (Å²) in [6, 6.07) is 6.73. The van der Waals surface area contributed by atoms with Crippen LogP contribution in [0.1, 0.15) is 36.5 Å². The molecule has 0 bridgehead atoms. The molecule has 7 heteroatoms. The van der Waals surface area contributed by atoms with Crippen LogP contribution in [-0.4, -0.2) is 44.1 Å². The Balaban J connectivity index is 1.89. The number of hydrogen-bond donors (Lipinski definition) is 1. The highest BCUT2D eigenvalue weighted by Gasteiger charge is 2.26. The Bertz CT molecular complexity index is 608. The van der Waals surface area contributed by atoms with Crippen LogP contribution in [0.25, 0.3) is 0 Å². The van der Waals surface area contributed by atoms with Gasteiger partial charge in [-0.1, -0.05) is 18.5 Å². The Morgan fingerprint density at radius 2 is 1.86 bits per heavy atom. The van der Waals surface area contributed by atoms with Crippen molar-refractivity contribution < 1.29 is 13.2 Å². The van der Waals surface area contributed by atoms with Crippen molar-refractivity contribution >= 4 is 27.5 Å². The molecule has 5 nitrogen and oxygen atoms in total. The van der Waals surface area contributed by atoms with Crippen LogP contribution in [0, 0.1) is 0 Å². The van der Waals surface area contributed by atoms with Crippen molar-refractivity contribution in [1.82, 2.24) is 9.62 Å². The summed E-state index contributed by atoms with van der Waals surface area (Å²) in [7, 11) is -3.19. The van der Waals surface area contributed by atoms with Crippen molar-refractivity contribution in [1.29, 1.82) is 0 Å². The fraction of sp³-hybridized carbons (Fsp3) is 0.533. The predicted molar refractivity (Wildman–Crippen MR) is 87.6 cm³/mol. The summed E-state index contributed by atoms with van der Waals surface area (Å²) in [5.74, 6) is 0.114. The molecule has 1 amide bonds. The highest BCUT2D eigenvalue weighted by Crippen LogP contribution is 2.16. The van der Waals surface area contributed by atoms with Gasteiger partial charge >= 0.3 is 0 Å². The molecule has 122 valence electrons. The molecule has 0 unspecified atom stereocenters. The lowest BCUT2D eigenvalue weighted by Crippen LogP contribution is -2.46. The molecule has 22 heavy (non-hydrogen) atoms. The number of benzene rings is 1. The number of hydrogen-bond acceptors (Lipinski definition) is 3. The van der Waals surface area contributed by atoms with Gasteiger partial charge < -0.3 is 4.90 Å². The molecule has 1 saturated heterocycles. The molecule has 1 heterocycles. The second kappa shape index (κ2) is 7.44. The molecular weight excluding hydrogens is 324 g/mol. The van der Waals surface area contributed by atoms with E-state index in [0.717, 1.165) is 0 Å². The Morgan fingerprint density at radius 3 is 2.41 bits per heavy atom. The Kier molecular flexibility index (Phi) is 5.83. The lowest BCUT2D eigenvalue weighted by atomic mass is 10.0. The third-order valence-electron chi connectivity index (χ3n) is 3.69. The molecule has 0 spiro atoms. The van der Waals surface area contributed by atoms with Crippen molar-refractivity contribution in [3.05, 3.63) is 34.9 Å². The molecule has 0 radical (unpaired) electrons. The molecule has 1 fully saturated rings. The van der Waals surface area contributed by atoms with Gasteiger partial charge in [-0.05, 0) is 43.5 Å². The summed E-state index contributed by atoms with van der Waals surface area (Å²) >= 11 is 5.82. The summed E-state index contributed by atoms with van der Waals surface area (Å²) < 4.78 is 26.2. The molecular formula is C15H21ClN2O3S. The third kappa shape index (κ3) is 4.69. The van der Waals surface area contributed by atoms with Gasteiger partial charge in [0, 0.05) is 29.7 Å². The highest BCUT2D eigenvalue weighted by atomic mass is 35.5. The van der Waals surface area contributed by atoms with Gasteiger partial charge in [-0.25, -0.2) is 13.1 Å². The van der Waals surface area contributed by atoms with Gasteiger partial charge in [0.15, 0.2) is 0 Å². The molecule has 1 N–H and O–H groups in total. The molecule has 0 aliphatic carbocycles. The Morgan fingerprint density at radius 1 is 1.27 bits per heavy atom. The average molecular weight is 345 g/mol. The van der Waals surface area contributed by atoms with E-state index in [9.17, 15) is 13.2 Å².